The standard InChI is InChI=1S/C11H7NO3S/c13-11(14)8-4-6-5-15-7-2-1-3-12-9(7)10(6)16-8/h1-4H,5H2,(H,13,14). The smallest absolute Gasteiger partial charge is 0.345 e. The van der Waals surface area contributed by atoms with Gasteiger partial charge < -0.3 is 9.84 Å². The number of thiophene rings is 1. The number of rotatable bonds is 1. The predicted octanol–water partition coefficient (Wildman–Crippen LogP) is 2.40. The Bertz CT molecular complexity index is 576. The van der Waals surface area contributed by atoms with Crippen molar-refractivity contribution in [1.29, 1.82) is 0 Å². The molecule has 0 spiro atoms. The normalized spacial score (nSPS) is 12.5. The second-order valence-corrected chi connectivity index (χ2v) is 4.46. The second kappa shape index (κ2) is 3.31. The maximum absolute atomic E-state index is 10.9. The molecule has 80 valence electrons. The molecule has 0 unspecified atom stereocenters. The number of carbonyl (C=O) groups is 1. The summed E-state index contributed by atoms with van der Waals surface area (Å²) in [6.45, 7) is 0.414. The van der Waals surface area contributed by atoms with Crippen molar-refractivity contribution in [3.8, 4) is 16.3 Å². The monoisotopic (exact) mass is 233 g/mol. The summed E-state index contributed by atoms with van der Waals surface area (Å²) in [6, 6.07) is 5.29. The lowest BCUT2D eigenvalue weighted by molar-refractivity contribution is 0.0702. The Morgan fingerprint density at radius 3 is 3.25 bits per heavy atom. The molecule has 1 N–H and O–H groups in total. The maximum atomic E-state index is 10.9. The van der Waals surface area contributed by atoms with E-state index in [1.807, 2.05) is 6.07 Å². The fraction of sp³-hybridized carbons (Fsp3) is 0.0909. The lowest BCUT2D eigenvalue weighted by Crippen LogP contribution is -2.03. The number of hydrogen-bond acceptors (Lipinski definition) is 4. The molecule has 3 rings (SSSR count). The van der Waals surface area contributed by atoms with Crippen LogP contribution in [0.3, 0.4) is 0 Å². The van der Waals surface area contributed by atoms with E-state index in [2.05, 4.69) is 4.98 Å². The molecule has 0 amide bonds. The summed E-state index contributed by atoms with van der Waals surface area (Å²) < 4.78 is 5.49. The van der Waals surface area contributed by atoms with Crippen LogP contribution in [0.5, 0.6) is 5.75 Å². The quantitative estimate of drug-likeness (QED) is 0.821. The fourth-order valence-corrected chi connectivity index (χ4v) is 2.68. The number of carboxylic acid groups (broad SMARTS) is 1. The fourth-order valence-electron chi connectivity index (χ4n) is 1.67. The van der Waals surface area contributed by atoms with Crippen LogP contribution in [-0.4, -0.2) is 16.1 Å². The van der Waals surface area contributed by atoms with E-state index in [9.17, 15) is 4.79 Å². The zero-order chi connectivity index (χ0) is 11.1. The molecule has 0 bridgehead atoms. The third-order valence-corrected chi connectivity index (χ3v) is 3.56. The summed E-state index contributed by atoms with van der Waals surface area (Å²) in [5, 5.41) is 8.93. The minimum atomic E-state index is -0.906. The number of aromatic nitrogens is 1. The highest BCUT2D eigenvalue weighted by Gasteiger charge is 2.23. The van der Waals surface area contributed by atoms with Crippen molar-refractivity contribution < 1.29 is 14.6 Å². The lowest BCUT2D eigenvalue weighted by atomic mass is 10.1. The zero-order valence-corrected chi connectivity index (χ0v) is 8.95. The van der Waals surface area contributed by atoms with Crippen LogP contribution in [0.4, 0.5) is 0 Å². The van der Waals surface area contributed by atoms with Crippen molar-refractivity contribution >= 4 is 17.3 Å². The molecule has 0 fully saturated rings. The van der Waals surface area contributed by atoms with Gasteiger partial charge >= 0.3 is 5.97 Å². The van der Waals surface area contributed by atoms with Gasteiger partial charge in [0.05, 0.1) is 4.88 Å². The van der Waals surface area contributed by atoms with Crippen molar-refractivity contribution in [2.45, 2.75) is 6.61 Å². The second-order valence-electron chi connectivity index (χ2n) is 3.41. The Labute approximate surface area is 95.1 Å². The topological polar surface area (TPSA) is 59.4 Å². The predicted molar refractivity (Wildman–Crippen MR) is 58.8 cm³/mol. The van der Waals surface area contributed by atoms with Crippen molar-refractivity contribution in [2.75, 3.05) is 0 Å². The van der Waals surface area contributed by atoms with Crippen LogP contribution in [-0.2, 0) is 6.61 Å². The van der Waals surface area contributed by atoms with Crippen molar-refractivity contribution in [3.63, 3.8) is 0 Å². The van der Waals surface area contributed by atoms with Gasteiger partial charge in [-0.2, -0.15) is 0 Å². The third kappa shape index (κ3) is 1.29. The molecule has 0 aromatic carbocycles. The molecule has 0 saturated carbocycles. The first-order valence-corrected chi connectivity index (χ1v) is 5.51. The SMILES string of the molecule is O=C(O)c1cc2c(s1)-c1ncccc1OC2. The number of carboxylic acids is 1. The van der Waals surface area contributed by atoms with Crippen LogP contribution in [0.1, 0.15) is 15.2 Å². The summed E-state index contributed by atoms with van der Waals surface area (Å²) in [4.78, 5) is 16.3. The zero-order valence-electron chi connectivity index (χ0n) is 8.14. The minimum Gasteiger partial charge on any atom is -0.487 e. The summed E-state index contributed by atoms with van der Waals surface area (Å²) in [5.41, 5.74) is 1.63. The number of hydrogen-bond donors (Lipinski definition) is 1. The summed E-state index contributed by atoms with van der Waals surface area (Å²) in [6.07, 6.45) is 1.68. The summed E-state index contributed by atoms with van der Waals surface area (Å²) in [5.74, 6) is -0.189. The highest BCUT2D eigenvalue weighted by Crippen LogP contribution is 2.40. The van der Waals surface area contributed by atoms with E-state index in [1.54, 1.807) is 18.3 Å². The van der Waals surface area contributed by atoms with E-state index in [1.165, 1.54) is 11.3 Å². The molecule has 4 nitrogen and oxygen atoms in total. The van der Waals surface area contributed by atoms with Gasteiger partial charge in [-0.1, -0.05) is 0 Å². The Hall–Kier alpha value is -1.88. The molecule has 5 heteroatoms. The number of nitrogens with zero attached hydrogens (tertiary/aromatic N) is 1. The van der Waals surface area contributed by atoms with E-state index >= 15 is 0 Å². The molecule has 16 heavy (non-hydrogen) atoms. The van der Waals surface area contributed by atoms with E-state index in [4.69, 9.17) is 9.84 Å². The Morgan fingerprint density at radius 2 is 2.44 bits per heavy atom. The molecule has 2 aromatic heterocycles. The molecule has 0 aliphatic carbocycles. The third-order valence-electron chi connectivity index (χ3n) is 2.39. The van der Waals surface area contributed by atoms with E-state index in [-0.39, 0.29) is 0 Å². The van der Waals surface area contributed by atoms with Crippen LogP contribution >= 0.6 is 11.3 Å². The highest BCUT2D eigenvalue weighted by molar-refractivity contribution is 7.17. The van der Waals surface area contributed by atoms with Gasteiger partial charge in [0, 0.05) is 11.8 Å². The van der Waals surface area contributed by atoms with Gasteiger partial charge in [0.2, 0.25) is 0 Å². The van der Waals surface area contributed by atoms with Gasteiger partial charge in [0.1, 0.15) is 22.9 Å². The van der Waals surface area contributed by atoms with Crippen molar-refractivity contribution in [3.05, 3.63) is 34.8 Å². The van der Waals surface area contributed by atoms with Crippen molar-refractivity contribution in [2.24, 2.45) is 0 Å². The van der Waals surface area contributed by atoms with E-state index < -0.39 is 5.97 Å². The number of pyridine rings is 1. The average molecular weight is 233 g/mol. The molecule has 0 atom stereocenters. The first-order valence-electron chi connectivity index (χ1n) is 4.70. The number of aromatic carboxylic acids is 1. The molecule has 0 radical (unpaired) electrons. The van der Waals surface area contributed by atoms with Crippen molar-refractivity contribution in [1.82, 2.24) is 4.98 Å². The Kier molecular flexibility index (Phi) is 1.94. The average Bonchev–Trinajstić information content (AvgIpc) is 2.73. The first-order chi connectivity index (χ1) is 7.75. The van der Waals surface area contributed by atoms with Gasteiger partial charge in [-0.15, -0.1) is 11.3 Å². The van der Waals surface area contributed by atoms with Gasteiger partial charge in [-0.25, -0.2) is 4.79 Å². The molecule has 2 aromatic rings. The molecule has 3 heterocycles. The maximum Gasteiger partial charge on any atom is 0.345 e. The van der Waals surface area contributed by atoms with Crippen LogP contribution in [0.25, 0.3) is 10.6 Å². The lowest BCUT2D eigenvalue weighted by Gasteiger charge is -2.15. The summed E-state index contributed by atoms with van der Waals surface area (Å²) in [7, 11) is 0. The highest BCUT2D eigenvalue weighted by atomic mass is 32.1. The Balaban J connectivity index is 2.20. The number of fused-ring (bicyclic) bond motifs is 3. The molecule has 1 aliphatic rings. The minimum absolute atomic E-state index is 0.326. The van der Waals surface area contributed by atoms with E-state index in [0.717, 1.165) is 16.1 Å². The van der Waals surface area contributed by atoms with Crippen LogP contribution < -0.4 is 4.74 Å². The largest absolute Gasteiger partial charge is 0.487 e. The van der Waals surface area contributed by atoms with Crippen LogP contribution in [0.15, 0.2) is 24.4 Å². The van der Waals surface area contributed by atoms with E-state index in [0.29, 0.717) is 17.2 Å². The number of ether oxygens (including phenoxy) is 1. The molecular formula is C11H7NO3S. The molecule has 0 saturated heterocycles. The van der Waals surface area contributed by atoms with Gasteiger partial charge in [-0.3, -0.25) is 4.98 Å². The van der Waals surface area contributed by atoms with Gasteiger partial charge in [0.15, 0.2) is 0 Å². The van der Waals surface area contributed by atoms with Crippen LogP contribution in [0.2, 0.25) is 0 Å². The first kappa shape index (κ1) is 9.35. The van der Waals surface area contributed by atoms with Crippen LogP contribution in [0, 0.1) is 0 Å². The molecular weight excluding hydrogens is 226 g/mol. The molecule has 1 aliphatic heterocycles. The summed E-state index contributed by atoms with van der Waals surface area (Å²) >= 11 is 1.24. The van der Waals surface area contributed by atoms with Gasteiger partial charge in [0.25, 0.3) is 0 Å². The van der Waals surface area contributed by atoms with Gasteiger partial charge in [-0.05, 0) is 18.2 Å². The Morgan fingerprint density at radius 1 is 1.56 bits per heavy atom.